The van der Waals surface area contributed by atoms with Crippen LogP contribution in [0.15, 0.2) is 30.3 Å². The minimum atomic E-state index is -0.540. The summed E-state index contributed by atoms with van der Waals surface area (Å²) in [6.45, 7) is 5.90. The smallest absolute Gasteiger partial charge is 0.255 e. The molecule has 1 heterocycles. The summed E-state index contributed by atoms with van der Waals surface area (Å²) in [5.41, 5.74) is 6.69. The largest absolute Gasteiger partial charge is 0.484 e. The van der Waals surface area contributed by atoms with E-state index in [1.54, 1.807) is 35.6 Å². The lowest BCUT2D eigenvalue weighted by Gasteiger charge is -2.14. The molecule has 0 aliphatic heterocycles. The standard InChI is InChI=1S/C17H20N2O3S/c1-10-8-15(12(3)23-10)11(2)19-17(21)13-4-6-14(7-5-13)22-9-16(18)20/h4-8,11H,9H2,1-3H3,(H2,18,20)(H,19,21)/t11-/m1/s1. The Morgan fingerprint density at radius 1 is 1.26 bits per heavy atom. The second-order valence-corrected chi connectivity index (χ2v) is 6.80. The molecule has 2 aromatic rings. The fraction of sp³-hybridized carbons (Fsp3) is 0.294. The van der Waals surface area contributed by atoms with Crippen LogP contribution < -0.4 is 15.8 Å². The summed E-state index contributed by atoms with van der Waals surface area (Å²) in [6, 6.07) is 8.64. The van der Waals surface area contributed by atoms with Gasteiger partial charge in [-0.1, -0.05) is 0 Å². The van der Waals surface area contributed by atoms with E-state index in [1.807, 2.05) is 6.92 Å². The SMILES string of the molecule is Cc1cc([C@@H](C)NC(=O)c2ccc(OCC(N)=O)cc2)c(C)s1. The lowest BCUT2D eigenvalue weighted by atomic mass is 10.1. The molecule has 0 aliphatic rings. The minimum absolute atomic E-state index is 0.0572. The van der Waals surface area contributed by atoms with E-state index in [0.717, 1.165) is 5.56 Å². The van der Waals surface area contributed by atoms with Gasteiger partial charge in [0.05, 0.1) is 6.04 Å². The van der Waals surface area contributed by atoms with Crippen molar-refractivity contribution in [1.82, 2.24) is 5.32 Å². The van der Waals surface area contributed by atoms with Crippen molar-refractivity contribution in [1.29, 1.82) is 0 Å². The zero-order valence-electron chi connectivity index (χ0n) is 13.4. The number of carbonyl (C=O) groups excluding carboxylic acids is 2. The molecule has 0 saturated heterocycles. The van der Waals surface area contributed by atoms with E-state index in [4.69, 9.17) is 10.5 Å². The van der Waals surface area contributed by atoms with Gasteiger partial charge in [-0.15, -0.1) is 11.3 Å². The van der Waals surface area contributed by atoms with Crippen LogP contribution >= 0.6 is 11.3 Å². The van der Waals surface area contributed by atoms with Gasteiger partial charge >= 0.3 is 0 Å². The Bertz CT molecular complexity index is 707. The highest BCUT2D eigenvalue weighted by Crippen LogP contribution is 2.26. The maximum atomic E-state index is 12.3. The van der Waals surface area contributed by atoms with E-state index < -0.39 is 5.91 Å². The summed E-state index contributed by atoms with van der Waals surface area (Å²) in [4.78, 5) is 25.4. The van der Waals surface area contributed by atoms with Crippen molar-refractivity contribution in [2.75, 3.05) is 6.61 Å². The summed E-state index contributed by atoms with van der Waals surface area (Å²) in [5.74, 6) is -0.193. The topological polar surface area (TPSA) is 81.4 Å². The van der Waals surface area contributed by atoms with E-state index in [1.165, 1.54) is 9.75 Å². The van der Waals surface area contributed by atoms with Gasteiger partial charge in [-0.25, -0.2) is 0 Å². The molecule has 0 radical (unpaired) electrons. The van der Waals surface area contributed by atoms with Gasteiger partial charge in [0, 0.05) is 15.3 Å². The Morgan fingerprint density at radius 3 is 2.43 bits per heavy atom. The Hall–Kier alpha value is -2.34. The quantitative estimate of drug-likeness (QED) is 0.853. The first-order valence-electron chi connectivity index (χ1n) is 7.25. The monoisotopic (exact) mass is 332 g/mol. The van der Waals surface area contributed by atoms with Crippen molar-refractivity contribution >= 4 is 23.2 Å². The molecule has 0 bridgehead atoms. The van der Waals surface area contributed by atoms with Crippen LogP contribution in [0.3, 0.4) is 0 Å². The highest BCUT2D eigenvalue weighted by atomic mass is 32.1. The van der Waals surface area contributed by atoms with Crippen molar-refractivity contribution in [2.24, 2.45) is 5.73 Å². The fourth-order valence-electron chi connectivity index (χ4n) is 2.30. The summed E-state index contributed by atoms with van der Waals surface area (Å²) in [6.07, 6.45) is 0. The third-order valence-corrected chi connectivity index (χ3v) is 4.37. The molecule has 0 saturated carbocycles. The van der Waals surface area contributed by atoms with Crippen molar-refractivity contribution in [3.8, 4) is 5.75 Å². The first kappa shape index (κ1) is 17.0. The fourth-order valence-corrected chi connectivity index (χ4v) is 3.32. The first-order chi connectivity index (χ1) is 10.9. The predicted octanol–water partition coefficient (Wildman–Crippen LogP) is 2.72. The molecule has 1 atom stereocenters. The second kappa shape index (κ2) is 7.28. The van der Waals surface area contributed by atoms with Gasteiger partial charge in [0.2, 0.25) is 0 Å². The minimum Gasteiger partial charge on any atom is -0.484 e. The number of rotatable bonds is 6. The number of primary amides is 1. The zero-order valence-corrected chi connectivity index (χ0v) is 14.2. The normalized spacial score (nSPS) is 11.8. The molecular formula is C17H20N2O3S. The van der Waals surface area contributed by atoms with Gasteiger partial charge < -0.3 is 15.8 Å². The van der Waals surface area contributed by atoms with Gasteiger partial charge in [0.1, 0.15) is 5.75 Å². The third-order valence-electron chi connectivity index (χ3n) is 3.39. The highest BCUT2D eigenvalue weighted by Gasteiger charge is 2.15. The summed E-state index contributed by atoms with van der Waals surface area (Å²) in [7, 11) is 0. The van der Waals surface area contributed by atoms with Crippen LogP contribution in [0.5, 0.6) is 5.75 Å². The Labute approximate surface area is 139 Å². The van der Waals surface area contributed by atoms with Crippen LogP contribution in [0.4, 0.5) is 0 Å². The summed E-state index contributed by atoms with van der Waals surface area (Å²) < 4.78 is 5.17. The molecule has 5 nitrogen and oxygen atoms in total. The molecule has 3 N–H and O–H groups in total. The number of ether oxygens (including phenoxy) is 1. The van der Waals surface area contributed by atoms with Crippen LogP contribution in [-0.4, -0.2) is 18.4 Å². The van der Waals surface area contributed by atoms with Crippen LogP contribution in [0.2, 0.25) is 0 Å². The molecule has 0 unspecified atom stereocenters. The average Bonchev–Trinajstić information content (AvgIpc) is 2.84. The van der Waals surface area contributed by atoms with Crippen molar-refractivity contribution in [2.45, 2.75) is 26.8 Å². The molecule has 6 heteroatoms. The lowest BCUT2D eigenvalue weighted by Crippen LogP contribution is -2.26. The van der Waals surface area contributed by atoms with Crippen LogP contribution in [0.25, 0.3) is 0 Å². The number of hydrogen-bond acceptors (Lipinski definition) is 4. The number of amides is 2. The summed E-state index contributed by atoms with van der Waals surface area (Å²) >= 11 is 1.72. The second-order valence-electron chi connectivity index (χ2n) is 5.34. The van der Waals surface area contributed by atoms with Crippen molar-refractivity contribution in [3.05, 3.63) is 51.2 Å². The molecule has 0 spiro atoms. The molecule has 122 valence electrons. The van der Waals surface area contributed by atoms with E-state index in [2.05, 4.69) is 25.2 Å². The zero-order chi connectivity index (χ0) is 17.0. The average molecular weight is 332 g/mol. The number of carbonyl (C=O) groups is 2. The Morgan fingerprint density at radius 2 is 1.91 bits per heavy atom. The third kappa shape index (κ3) is 4.56. The molecule has 2 amide bonds. The van der Waals surface area contributed by atoms with Gasteiger partial charge in [0.25, 0.3) is 11.8 Å². The van der Waals surface area contributed by atoms with Crippen LogP contribution in [-0.2, 0) is 4.79 Å². The number of aryl methyl sites for hydroxylation is 2. The molecular weight excluding hydrogens is 312 g/mol. The van der Waals surface area contributed by atoms with Crippen molar-refractivity contribution in [3.63, 3.8) is 0 Å². The first-order valence-corrected chi connectivity index (χ1v) is 8.07. The van der Waals surface area contributed by atoms with E-state index in [0.29, 0.717) is 11.3 Å². The maximum Gasteiger partial charge on any atom is 0.255 e. The Kier molecular flexibility index (Phi) is 5.39. The molecule has 0 aliphatic carbocycles. The summed E-state index contributed by atoms with van der Waals surface area (Å²) in [5, 5.41) is 2.99. The van der Waals surface area contributed by atoms with Crippen LogP contribution in [0, 0.1) is 13.8 Å². The highest BCUT2D eigenvalue weighted by molar-refractivity contribution is 7.12. The number of nitrogens with two attached hydrogens (primary N) is 1. The number of benzene rings is 1. The number of nitrogens with one attached hydrogen (secondary N) is 1. The Balaban J connectivity index is 2.00. The van der Waals surface area contributed by atoms with Gasteiger partial charge in [-0.3, -0.25) is 9.59 Å². The van der Waals surface area contributed by atoms with Crippen molar-refractivity contribution < 1.29 is 14.3 Å². The van der Waals surface area contributed by atoms with E-state index in [9.17, 15) is 9.59 Å². The van der Waals surface area contributed by atoms with E-state index >= 15 is 0 Å². The maximum absolute atomic E-state index is 12.3. The predicted molar refractivity (Wildman–Crippen MR) is 90.8 cm³/mol. The van der Waals surface area contributed by atoms with E-state index in [-0.39, 0.29) is 18.6 Å². The van der Waals surface area contributed by atoms with Gasteiger partial charge in [-0.2, -0.15) is 0 Å². The number of thiophene rings is 1. The number of hydrogen-bond donors (Lipinski definition) is 2. The van der Waals surface area contributed by atoms with Gasteiger partial charge in [0.15, 0.2) is 6.61 Å². The molecule has 1 aromatic carbocycles. The van der Waals surface area contributed by atoms with Crippen LogP contribution in [0.1, 0.15) is 38.6 Å². The molecule has 23 heavy (non-hydrogen) atoms. The molecule has 2 rings (SSSR count). The van der Waals surface area contributed by atoms with Gasteiger partial charge in [-0.05, 0) is 56.7 Å². The lowest BCUT2D eigenvalue weighted by molar-refractivity contribution is -0.119. The molecule has 0 fully saturated rings. The molecule has 1 aromatic heterocycles.